The Balaban J connectivity index is 1.93. The average Bonchev–Trinajstić information content (AvgIpc) is 3.45. The van der Waals surface area contributed by atoms with E-state index < -0.39 is 6.15 Å². The van der Waals surface area contributed by atoms with Gasteiger partial charge in [-0.2, -0.15) is 5.46 Å². The Morgan fingerprint density at radius 3 is 1.77 bits per heavy atom. The van der Waals surface area contributed by atoms with Crippen LogP contribution in [0.3, 0.4) is 0 Å². The highest BCUT2D eigenvalue weighted by Crippen LogP contribution is 2.36. The lowest BCUT2D eigenvalue weighted by Gasteiger charge is -2.41. The van der Waals surface area contributed by atoms with Crippen molar-refractivity contribution >= 4 is 23.2 Å². The van der Waals surface area contributed by atoms with Gasteiger partial charge in [-0.1, -0.05) is 84.0 Å². The van der Waals surface area contributed by atoms with Crippen molar-refractivity contribution in [2.24, 2.45) is 20.8 Å². The van der Waals surface area contributed by atoms with Crippen LogP contribution in [0.5, 0.6) is 0 Å². The number of allylic oxidation sites excluding steroid dienone is 4. The van der Waals surface area contributed by atoms with Crippen LogP contribution < -0.4 is 5.46 Å². The van der Waals surface area contributed by atoms with Crippen molar-refractivity contribution in [3.05, 3.63) is 54.0 Å². The number of ether oxygens (including phenoxy) is 2. The van der Waals surface area contributed by atoms with Crippen molar-refractivity contribution in [1.29, 1.82) is 0 Å². The molecule has 4 nitrogen and oxygen atoms in total. The molecular weight excluding hydrogens is 371 g/mol. The molecule has 0 amide bonds. The van der Waals surface area contributed by atoms with Crippen LogP contribution in [-0.2, 0) is 9.47 Å². The van der Waals surface area contributed by atoms with E-state index in [1.54, 1.807) is 0 Å². The molecule has 5 heteroatoms. The van der Waals surface area contributed by atoms with Gasteiger partial charge in [0.25, 0.3) is 0 Å². The average molecular weight is 405 g/mol. The minimum atomic E-state index is -1.64. The molecule has 4 rings (SSSR count). The van der Waals surface area contributed by atoms with E-state index in [1.165, 1.54) is 5.47 Å². The molecule has 3 aliphatic rings. The van der Waals surface area contributed by atoms with E-state index in [9.17, 15) is 0 Å². The molecule has 2 atom stereocenters. The van der Waals surface area contributed by atoms with Gasteiger partial charge in [-0.3, -0.25) is 9.98 Å². The summed E-state index contributed by atoms with van der Waals surface area (Å²) in [5.41, 5.74) is 2.50. The molecule has 1 aromatic carbocycles. The highest BCUT2D eigenvalue weighted by atomic mass is 16.5. The van der Waals surface area contributed by atoms with E-state index in [2.05, 4.69) is 90.1 Å². The van der Waals surface area contributed by atoms with Gasteiger partial charge in [-0.15, -0.1) is 6.08 Å². The zero-order chi connectivity index (χ0) is 21.6. The first kappa shape index (κ1) is 21.0. The third-order valence-electron chi connectivity index (χ3n) is 6.74. The fourth-order valence-corrected chi connectivity index (χ4v) is 4.59. The smallest absolute Gasteiger partial charge is 0.227 e. The van der Waals surface area contributed by atoms with Gasteiger partial charge in [0.2, 0.25) is 6.15 Å². The third kappa shape index (κ3) is 3.53. The van der Waals surface area contributed by atoms with Crippen LogP contribution in [0.1, 0.15) is 48.0 Å². The molecule has 1 aromatic rings. The maximum absolute atomic E-state index is 6.41. The van der Waals surface area contributed by atoms with Crippen LogP contribution >= 0.6 is 0 Å². The summed E-state index contributed by atoms with van der Waals surface area (Å²) >= 11 is 0. The largest absolute Gasteiger partial charge is 0.518 e. The van der Waals surface area contributed by atoms with E-state index >= 15 is 0 Å². The van der Waals surface area contributed by atoms with Crippen LogP contribution in [-0.4, -0.2) is 43.0 Å². The van der Waals surface area contributed by atoms with Gasteiger partial charge in [0.1, 0.15) is 13.2 Å². The second-order valence-electron chi connectivity index (χ2n) is 11.0. The fraction of sp³-hybridized carbons (Fsp3) is 0.520. The summed E-state index contributed by atoms with van der Waals surface area (Å²) in [6.07, 6.45) is 5.76. The first-order valence-corrected chi connectivity index (χ1v) is 11.1. The summed E-state index contributed by atoms with van der Waals surface area (Å²) in [5.74, 6) is 1.56. The van der Waals surface area contributed by atoms with E-state index in [0.717, 1.165) is 23.5 Å². The number of nitrogens with zero attached hydrogens (tertiary/aromatic N) is 2. The summed E-state index contributed by atoms with van der Waals surface area (Å²) in [4.78, 5) is 10.4. The van der Waals surface area contributed by atoms with Crippen molar-refractivity contribution in [3.8, 4) is 0 Å². The zero-order valence-corrected chi connectivity index (χ0v) is 19.2. The van der Waals surface area contributed by atoms with Crippen molar-refractivity contribution in [2.75, 3.05) is 13.2 Å². The molecule has 0 saturated carbocycles. The number of rotatable bonds is 4. The fourth-order valence-electron chi connectivity index (χ4n) is 4.59. The first-order valence-electron chi connectivity index (χ1n) is 11.1. The molecule has 0 unspecified atom stereocenters. The molecule has 2 heterocycles. The highest BCUT2D eigenvalue weighted by Gasteiger charge is 2.48. The van der Waals surface area contributed by atoms with Crippen molar-refractivity contribution in [1.82, 2.24) is 0 Å². The summed E-state index contributed by atoms with van der Waals surface area (Å²) < 4.78 is 12.8. The predicted molar refractivity (Wildman–Crippen MR) is 127 cm³/mol. The molecule has 30 heavy (non-hydrogen) atoms. The summed E-state index contributed by atoms with van der Waals surface area (Å²) in [6, 6.07) is 10.8. The topological polar surface area (TPSA) is 43.2 Å². The highest BCUT2D eigenvalue weighted by molar-refractivity contribution is 7.35. The van der Waals surface area contributed by atoms with E-state index in [4.69, 9.17) is 19.5 Å². The Morgan fingerprint density at radius 2 is 1.37 bits per heavy atom. The van der Waals surface area contributed by atoms with Gasteiger partial charge < -0.3 is 9.47 Å². The summed E-state index contributed by atoms with van der Waals surface area (Å²) in [7, 11) is 0. The molecule has 0 bridgehead atoms. The van der Waals surface area contributed by atoms with Crippen LogP contribution in [0.2, 0.25) is 0 Å². The molecule has 2 aliphatic heterocycles. The Labute approximate surface area is 181 Å². The quantitative estimate of drug-likeness (QED) is 0.691. The maximum Gasteiger partial charge on any atom is 0.227 e. The number of aliphatic imine (C=N–C) groups is 2. The van der Waals surface area contributed by atoms with E-state index in [1.807, 2.05) is 0 Å². The zero-order valence-electron chi connectivity index (χ0n) is 19.2. The normalized spacial score (nSPS) is 24.3. The van der Waals surface area contributed by atoms with Crippen LogP contribution in [0.4, 0.5) is 0 Å². The first-order chi connectivity index (χ1) is 14.1. The minimum Gasteiger partial charge on any atom is -0.518 e. The summed E-state index contributed by atoms with van der Waals surface area (Å²) in [6.45, 7) is 14.5. The van der Waals surface area contributed by atoms with Crippen LogP contribution in [0.15, 0.2) is 64.0 Å². The second-order valence-corrected chi connectivity index (χ2v) is 11.0. The van der Waals surface area contributed by atoms with Gasteiger partial charge in [0.05, 0.1) is 12.1 Å². The van der Waals surface area contributed by atoms with E-state index in [0.29, 0.717) is 13.2 Å². The molecule has 0 radical (unpaired) electrons. The summed E-state index contributed by atoms with van der Waals surface area (Å²) in [5, 5.41) is 0. The minimum absolute atomic E-state index is 0.0366. The molecule has 0 fully saturated rings. The van der Waals surface area contributed by atoms with Crippen LogP contribution in [0.25, 0.3) is 0 Å². The molecule has 160 valence electrons. The number of hydrogen-bond acceptors (Lipinski definition) is 4. The predicted octanol–water partition coefficient (Wildman–Crippen LogP) is 4.53. The monoisotopic (exact) mass is 405 g/mol. The number of hydrogen-bond donors (Lipinski definition) is 0. The number of benzene rings is 1. The SMILES string of the molecule is CC(C)(C)[C@H]1COC([B-](C2=CC=CC2)(C2=N[C@@H](C(C)(C)C)CO2)c2ccccc2)=N1. The molecule has 1 aliphatic carbocycles. The van der Waals surface area contributed by atoms with E-state index in [-0.39, 0.29) is 22.9 Å². The Morgan fingerprint density at radius 1 is 0.833 bits per heavy atom. The van der Waals surface area contributed by atoms with Gasteiger partial charge in [0.15, 0.2) is 0 Å². The third-order valence-corrected chi connectivity index (χ3v) is 6.74. The standard InChI is InChI=1S/C25H34BN2O2/c1-24(2,3)20-16-29-22(27-20)26(19-14-10-11-15-19,18-12-8-7-9-13-18)23-28-21(17-30-23)25(4,5)6/h7-14,20-21H,15-17H2,1-6H3/q-1/t20-,21-/m1/s1. The Hall–Kier alpha value is -2.30. The van der Waals surface area contributed by atoms with Crippen molar-refractivity contribution < 1.29 is 9.47 Å². The molecule has 0 saturated heterocycles. The molecule has 0 aromatic heterocycles. The molecule has 0 N–H and O–H groups in total. The molecule has 0 spiro atoms. The van der Waals surface area contributed by atoms with Gasteiger partial charge in [-0.05, 0) is 17.3 Å². The second kappa shape index (κ2) is 7.44. The van der Waals surface area contributed by atoms with Gasteiger partial charge in [-0.25, -0.2) is 5.47 Å². The lowest BCUT2D eigenvalue weighted by Crippen LogP contribution is -2.64. The van der Waals surface area contributed by atoms with Crippen molar-refractivity contribution in [3.63, 3.8) is 0 Å². The van der Waals surface area contributed by atoms with Gasteiger partial charge in [0, 0.05) is 11.6 Å². The maximum atomic E-state index is 6.41. The van der Waals surface area contributed by atoms with Crippen LogP contribution in [0, 0.1) is 10.8 Å². The lowest BCUT2D eigenvalue weighted by atomic mass is 9.17. The van der Waals surface area contributed by atoms with Gasteiger partial charge >= 0.3 is 0 Å². The Kier molecular flexibility index (Phi) is 5.20. The Bertz CT molecular complexity index is 877. The molecular formula is C25H34BN2O2-. The van der Waals surface area contributed by atoms with Crippen molar-refractivity contribution in [2.45, 2.75) is 60.0 Å². The lowest BCUT2D eigenvalue weighted by molar-refractivity contribution is 0.235.